The van der Waals surface area contributed by atoms with Gasteiger partial charge in [0.1, 0.15) is 0 Å². The topological polar surface area (TPSA) is 58.7 Å². The molecule has 0 aromatic carbocycles. The highest BCUT2D eigenvalue weighted by atomic mass is 16.5. The summed E-state index contributed by atoms with van der Waals surface area (Å²) in [4.78, 5) is 2.34. The van der Waals surface area contributed by atoms with E-state index in [4.69, 9.17) is 10.5 Å². The predicted molar refractivity (Wildman–Crippen MR) is 49.4 cm³/mol. The van der Waals surface area contributed by atoms with Crippen molar-refractivity contribution >= 4 is 0 Å². The second-order valence-electron chi connectivity index (χ2n) is 4.09. The van der Waals surface area contributed by atoms with Gasteiger partial charge >= 0.3 is 0 Å². The van der Waals surface area contributed by atoms with Gasteiger partial charge in [0.15, 0.2) is 0 Å². The van der Waals surface area contributed by atoms with Crippen LogP contribution >= 0.6 is 0 Å². The van der Waals surface area contributed by atoms with Gasteiger partial charge in [-0.15, -0.1) is 0 Å². The Morgan fingerprint density at radius 2 is 2.46 bits per heavy atom. The van der Waals surface area contributed by atoms with Crippen LogP contribution < -0.4 is 5.73 Å². The Morgan fingerprint density at radius 3 is 3.15 bits per heavy atom. The molecule has 0 radical (unpaired) electrons. The molecule has 2 aliphatic rings. The van der Waals surface area contributed by atoms with E-state index >= 15 is 0 Å². The third-order valence-corrected chi connectivity index (χ3v) is 3.34. The molecule has 2 saturated heterocycles. The Hall–Kier alpha value is -0.160. The summed E-state index contributed by atoms with van der Waals surface area (Å²) in [6.45, 7) is 3.05. The van der Waals surface area contributed by atoms with Crippen LogP contribution in [0.3, 0.4) is 0 Å². The van der Waals surface area contributed by atoms with Gasteiger partial charge in [0.25, 0.3) is 0 Å². The molecule has 4 nitrogen and oxygen atoms in total. The number of aliphatic hydroxyl groups excluding tert-OH is 1. The predicted octanol–water partition coefficient (Wildman–Crippen LogP) is -0.829. The van der Waals surface area contributed by atoms with Crippen molar-refractivity contribution < 1.29 is 9.84 Å². The summed E-state index contributed by atoms with van der Waals surface area (Å²) in [5, 5.41) is 9.39. The minimum atomic E-state index is -0.292. The average Bonchev–Trinajstić information content (AvgIpc) is 2.65. The Labute approximate surface area is 78.7 Å². The first-order valence-corrected chi connectivity index (χ1v) is 4.98. The van der Waals surface area contributed by atoms with Gasteiger partial charge in [0, 0.05) is 12.6 Å². The van der Waals surface area contributed by atoms with Crippen LogP contribution in [0.15, 0.2) is 0 Å². The van der Waals surface area contributed by atoms with Crippen LogP contribution in [0.25, 0.3) is 0 Å². The minimum absolute atomic E-state index is 0.111. The van der Waals surface area contributed by atoms with E-state index in [9.17, 15) is 5.11 Å². The molecule has 0 saturated carbocycles. The molecular formula is C9H18N2O2. The summed E-state index contributed by atoms with van der Waals surface area (Å²) < 4.78 is 5.50. The summed E-state index contributed by atoms with van der Waals surface area (Å²) in [5.41, 5.74) is 5.43. The Balaban J connectivity index is 2.16. The maximum Gasteiger partial charge on any atom is 0.0802 e. The number of hydrogen-bond donors (Lipinski definition) is 2. The van der Waals surface area contributed by atoms with Crippen molar-refractivity contribution in [2.45, 2.75) is 24.4 Å². The molecule has 0 aromatic rings. The molecule has 0 bridgehead atoms. The second kappa shape index (κ2) is 3.53. The molecular weight excluding hydrogens is 168 g/mol. The SMILES string of the molecule is NC[C@@]1(CO)COC[C@@H]2CCCN21. The highest BCUT2D eigenvalue weighted by molar-refractivity contribution is 5.00. The van der Waals surface area contributed by atoms with E-state index < -0.39 is 0 Å². The van der Waals surface area contributed by atoms with Gasteiger partial charge < -0.3 is 15.6 Å². The van der Waals surface area contributed by atoms with Crippen molar-refractivity contribution in [1.29, 1.82) is 0 Å². The number of fused-ring (bicyclic) bond motifs is 1. The van der Waals surface area contributed by atoms with Gasteiger partial charge in [0.05, 0.1) is 25.4 Å². The Bertz CT molecular complexity index is 182. The summed E-state index contributed by atoms with van der Waals surface area (Å²) in [6.07, 6.45) is 2.39. The van der Waals surface area contributed by atoms with Crippen molar-refractivity contribution in [3.05, 3.63) is 0 Å². The fourth-order valence-electron chi connectivity index (χ4n) is 2.48. The van der Waals surface area contributed by atoms with E-state index in [0.717, 1.165) is 13.2 Å². The lowest BCUT2D eigenvalue weighted by Gasteiger charge is -2.46. The molecule has 3 N–H and O–H groups in total. The molecule has 0 amide bonds. The van der Waals surface area contributed by atoms with Crippen LogP contribution in [-0.2, 0) is 4.74 Å². The highest BCUT2D eigenvalue weighted by Gasteiger charge is 2.44. The van der Waals surface area contributed by atoms with Crippen LogP contribution in [0.1, 0.15) is 12.8 Å². The Kier molecular flexibility index (Phi) is 2.55. The van der Waals surface area contributed by atoms with E-state index in [0.29, 0.717) is 19.2 Å². The van der Waals surface area contributed by atoms with Gasteiger partial charge in [-0.05, 0) is 19.4 Å². The number of hydrogen-bond acceptors (Lipinski definition) is 4. The standard InChI is InChI=1S/C9H18N2O2/c10-5-9(6-12)7-13-4-8-2-1-3-11(8)9/h8,12H,1-7,10H2/t8-,9+/m0/s1. The molecule has 0 unspecified atom stereocenters. The van der Waals surface area contributed by atoms with Crippen molar-refractivity contribution in [3.63, 3.8) is 0 Å². The molecule has 0 aliphatic carbocycles. The van der Waals surface area contributed by atoms with Gasteiger partial charge in [0.2, 0.25) is 0 Å². The number of nitrogens with two attached hydrogens (primary N) is 1. The first-order valence-electron chi connectivity index (χ1n) is 4.98. The van der Waals surface area contributed by atoms with Crippen molar-refractivity contribution in [1.82, 2.24) is 4.90 Å². The largest absolute Gasteiger partial charge is 0.394 e. The lowest BCUT2D eigenvalue weighted by Crippen LogP contribution is -2.64. The molecule has 76 valence electrons. The van der Waals surface area contributed by atoms with Crippen molar-refractivity contribution in [2.24, 2.45) is 5.73 Å². The zero-order chi connectivity index (χ0) is 9.31. The van der Waals surface area contributed by atoms with E-state index in [1.54, 1.807) is 0 Å². The number of aliphatic hydroxyl groups is 1. The van der Waals surface area contributed by atoms with Crippen LogP contribution in [0.5, 0.6) is 0 Å². The summed E-state index contributed by atoms with van der Waals surface area (Å²) in [5.74, 6) is 0. The van der Waals surface area contributed by atoms with Gasteiger partial charge in [-0.3, -0.25) is 4.90 Å². The number of morpholine rings is 1. The fourth-order valence-corrected chi connectivity index (χ4v) is 2.48. The van der Waals surface area contributed by atoms with Gasteiger partial charge in [-0.25, -0.2) is 0 Å². The van der Waals surface area contributed by atoms with Gasteiger partial charge in [-0.1, -0.05) is 0 Å². The summed E-state index contributed by atoms with van der Waals surface area (Å²) >= 11 is 0. The van der Waals surface area contributed by atoms with Crippen LogP contribution in [0.4, 0.5) is 0 Å². The number of rotatable bonds is 2. The van der Waals surface area contributed by atoms with E-state index in [-0.39, 0.29) is 12.1 Å². The molecule has 2 fully saturated rings. The maximum atomic E-state index is 9.39. The summed E-state index contributed by atoms with van der Waals surface area (Å²) in [6, 6.07) is 0.490. The third-order valence-electron chi connectivity index (χ3n) is 3.34. The first-order chi connectivity index (χ1) is 6.32. The molecule has 4 heteroatoms. The zero-order valence-electron chi connectivity index (χ0n) is 7.91. The molecule has 2 atom stereocenters. The average molecular weight is 186 g/mol. The fraction of sp³-hybridized carbons (Fsp3) is 1.00. The molecule has 2 heterocycles. The first kappa shape index (κ1) is 9.40. The Morgan fingerprint density at radius 1 is 1.62 bits per heavy atom. The van der Waals surface area contributed by atoms with Crippen LogP contribution in [0.2, 0.25) is 0 Å². The molecule has 2 aliphatic heterocycles. The normalized spacial score (nSPS) is 40.6. The second-order valence-corrected chi connectivity index (χ2v) is 4.09. The lowest BCUT2D eigenvalue weighted by molar-refractivity contribution is -0.103. The lowest BCUT2D eigenvalue weighted by atomic mass is 9.96. The minimum Gasteiger partial charge on any atom is -0.394 e. The van der Waals surface area contributed by atoms with Crippen LogP contribution in [-0.4, -0.2) is 54.5 Å². The number of ether oxygens (including phenoxy) is 1. The third kappa shape index (κ3) is 1.38. The molecule has 0 spiro atoms. The maximum absolute atomic E-state index is 9.39. The highest BCUT2D eigenvalue weighted by Crippen LogP contribution is 2.30. The quantitative estimate of drug-likeness (QED) is 0.591. The van der Waals surface area contributed by atoms with E-state index in [1.165, 1.54) is 12.8 Å². The molecule has 0 aromatic heterocycles. The number of nitrogens with zero attached hydrogens (tertiary/aromatic N) is 1. The van der Waals surface area contributed by atoms with E-state index in [1.807, 2.05) is 0 Å². The molecule has 13 heavy (non-hydrogen) atoms. The smallest absolute Gasteiger partial charge is 0.0802 e. The van der Waals surface area contributed by atoms with Crippen LogP contribution in [0, 0.1) is 0 Å². The van der Waals surface area contributed by atoms with Crippen molar-refractivity contribution in [2.75, 3.05) is 32.9 Å². The summed E-state index contributed by atoms with van der Waals surface area (Å²) in [7, 11) is 0. The van der Waals surface area contributed by atoms with E-state index in [2.05, 4.69) is 4.90 Å². The monoisotopic (exact) mass is 186 g/mol. The van der Waals surface area contributed by atoms with Crippen molar-refractivity contribution in [3.8, 4) is 0 Å². The molecule has 2 rings (SSSR count). The zero-order valence-corrected chi connectivity index (χ0v) is 7.91. The van der Waals surface area contributed by atoms with Gasteiger partial charge in [-0.2, -0.15) is 0 Å².